The molecule has 0 aromatic heterocycles. The quantitative estimate of drug-likeness (QED) is 0.909. The third kappa shape index (κ3) is 2.88. The van der Waals surface area contributed by atoms with Crippen LogP contribution in [0, 0.1) is 0 Å². The Morgan fingerprint density at radius 1 is 1.50 bits per heavy atom. The summed E-state index contributed by atoms with van der Waals surface area (Å²) in [6, 6.07) is 6.90. The van der Waals surface area contributed by atoms with E-state index in [0.29, 0.717) is 29.8 Å². The van der Waals surface area contributed by atoms with Crippen LogP contribution in [0.25, 0.3) is 0 Å². The number of nitrogens with two attached hydrogens (primary N) is 1. The second kappa shape index (κ2) is 5.61. The average molecular weight is 286 g/mol. The molecule has 100 valence electrons. The molecule has 6 heteroatoms. The molecule has 2 rings (SSSR count). The molecule has 1 aromatic rings. The lowest BCUT2D eigenvalue weighted by molar-refractivity contribution is 0.424. The Morgan fingerprint density at radius 3 is 2.94 bits per heavy atom. The van der Waals surface area contributed by atoms with E-state index >= 15 is 0 Å². The third-order valence-corrected chi connectivity index (χ3v) is 5.97. The normalized spacial score (nSPS) is 22.0. The van der Waals surface area contributed by atoms with Gasteiger partial charge in [-0.1, -0.05) is 19.1 Å². The van der Waals surface area contributed by atoms with Gasteiger partial charge >= 0.3 is 0 Å². The number of hydrogen-bond donors (Lipinski definition) is 1. The van der Waals surface area contributed by atoms with Crippen molar-refractivity contribution in [1.29, 1.82) is 0 Å². The van der Waals surface area contributed by atoms with Gasteiger partial charge in [-0.2, -0.15) is 16.1 Å². The summed E-state index contributed by atoms with van der Waals surface area (Å²) >= 11 is 1.81. The van der Waals surface area contributed by atoms with Gasteiger partial charge in [0.1, 0.15) is 0 Å². The molecule has 1 aliphatic rings. The van der Waals surface area contributed by atoms with E-state index in [1.165, 1.54) is 0 Å². The molecule has 1 fully saturated rings. The highest BCUT2D eigenvalue weighted by Gasteiger charge is 2.28. The van der Waals surface area contributed by atoms with Crippen molar-refractivity contribution in [3.05, 3.63) is 29.8 Å². The zero-order valence-corrected chi connectivity index (χ0v) is 12.0. The monoisotopic (exact) mass is 286 g/mol. The van der Waals surface area contributed by atoms with E-state index in [2.05, 4.69) is 6.92 Å². The van der Waals surface area contributed by atoms with Gasteiger partial charge < -0.3 is 5.73 Å². The van der Waals surface area contributed by atoms with E-state index in [4.69, 9.17) is 5.73 Å². The van der Waals surface area contributed by atoms with Gasteiger partial charge in [0.2, 0.25) is 10.0 Å². The minimum Gasteiger partial charge on any atom is -0.326 e. The van der Waals surface area contributed by atoms with Gasteiger partial charge in [-0.3, -0.25) is 0 Å². The smallest absolute Gasteiger partial charge is 0.243 e. The van der Waals surface area contributed by atoms with Crippen molar-refractivity contribution in [3.8, 4) is 0 Å². The SMILES string of the molecule is CC1CN(S(=O)(=O)c2cccc(CN)c2)CCS1. The lowest BCUT2D eigenvalue weighted by atomic mass is 10.2. The number of thioether (sulfide) groups is 1. The Morgan fingerprint density at radius 2 is 2.28 bits per heavy atom. The van der Waals surface area contributed by atoms with Crippen LogP contribution in [0.15, 0.2) is 29.2 Å². The highest BCUT2D eigenvalue weighted by molar-refractivity contribution is 8.00. The first-order valence-corrected chi connectivity index (χ1v) is 8.43. The van der Waals surface area contributed by atoms with Crippen LogP contribution in [0.4, 0.5) is 0 Å². The number of benzene rings is 1. The van der Waals surface area contributed by atoms with Gasteiger partial charge in [-0.05, 0) is 17.7 Å². The predicted octanol–water partition coefficient (Wildman–Crippen LogP) is 1.27. The van der Waals surface area contributed by atoms with Crippen molar-refractivity contribution in [2.75, 3.05) is 18.8 Å². The fourth-order valence-electron chi connectivity index (χ4n) is 1.99. The van der Waals surface area contributed by atoms with E-state index in [-0.39, 0.29) is 0 Å². The van der Waals surface area contributed by atoms with E-state index in [0.717, 1.165) is 11.3 Å². The van der Waals surface area contributed by atoms with Crippen LogP contribution in [0.5, 0.6) is 0 Å². The number of hydrogen-bond acceptors (Lipinski definition) is 4. The summed E-state index contributed by atoms with van der Waals surface area (Å²) in [5.41, 5.74) is 6.39. The Bertz CT molecular complexity index is 517. The lowest BCUT2D eigenvalue weighted by Crippen LogP contribution is -2.40. The fourth-order valence-corrected chi connectivity index (χ4v) is 4.81. The van der Waals surface area contributed by atoms with E-state index in [9.17, 15) is 8.42 Å². The van der Waals surface area contributed by atoms with Crippen LogP contribution in [-0.4, -0.2) is 36.8 Å². The topological polar surface area (TPSA) is 63.4 Å². The lowest BCUT2D eigenvalue weighted by Gasteiger charge is -2.29. The highest BCUT2D eigenvalue weighted by Crippen LogP contribution is 2.24. The molecule has 4 nitrogen and oxygen atoms in total. The highest BCUT2D eigenvalue weighted by atomic mass is 32.2. The predicted molar refractivity (Wildman–Crippen MR) is 75.0 cm³/mol. The summed E-state index contributed by atoms with van der Waals surface area (Å²) in [7, 11) is -3.36. The van der Waals surface area contributed by atoms with Crippen molar-refractivity contribution in [2.45, 2.75) is 23.6 Å². The van der Waals surface area contributed by atoms with E-state index < -0.39 is 10.0 Å². The van der Waals surface area contributed by atoms with Crippen molar-refractivity contribution in [2.24, 2.45) is 5.73 Å². The van der Waals surface area contributed by atoms with Crippen LogP contribution in [-0.2, 0) is 16.6 Å². The summed E-state index contributed by atoms with van der Waals surface area (Å²) in [5, 5.41) is 0.353. The minimum atomic E-state index is -3.36. The maximum absolute atomic E-state index is 12.5. The summed E-state index contributed by atoms with van der Waals surface area (Å²) < 4.78 is 26.5. The fraction of sp³-hybridized carbons (Fsp3) is 0.500. The first kappa shape index (κ1) is 13.9. The molecule has 0 spiro atoms. The largest absolute Gasteiger partial charge is 0.326 e. The summed E-state index contributed by atoms with van der Waals surface area (Å²) in [6.07, 6.45) is 0. The molecule has 1 heterocycles. The zero-order chi connectivity index (χ0) is 13.2. The molecule has 18 heavy (non-hydrogen) atoms. The van der Waals surface area contributed by atoms with Crippen molar-refractivity contribution in [1.82, 2.24) is 4.31 Å². The molecule has 0 aliphatic carbocycles. The molecule has 1 saturated heterocycles. The molecular formula is C12H18N2O2S2. The minimum absolute atomic E-state index is 0.351. The van der Waals surface area contributed by atoms with Crippen molar-refractivity contribution < 1.29 is 8.42 Å². The second-order valence-corrected chi connectivity index (χ2v) is 7.88. The Hall–Kier alpha value is -0.560. The van der Waals surface area contributed by atoms with Gasteiger partial charge in [0, 0.05) is 30.6 Å². The van der Waals surface area contributed by atoms with Crippen LogP contribution >= 0.6 is 11.8 Å². The molecule has 1 aliphatic heterocycles. The summed E-state index contributed by atoms with van der Waals surface area (Å²) in [4.78, 5) is 0.351. The number of nitrogens with zero attached hydrogens (tertiary/aromatic N) is 1. The summed E-state index contributed by atoms with van der Waals surface area (Å²) in [6.45, 7) is 3.59. The molecule has 1 unspecified atom stereocenters. The van der Waals surface area contributed by atoms with E-state index in [1.54, 1.807) is 22.5 Å². The Balaban J connectivity index is 2.29. The van der Waals surface area contributed by atoms with E-state index in [1.807, 2.05) is 17.8 Å². The average Bonchev–Trinajstić information content (AvgIpc) is 2.39. The number of sulfonamides is 1. The molecule has 0 amide bonds. The molecule has 1 atom stereocenters. The van der Waals surface area contributed by atoms with Crippen molar-refractivity contribution >= 4 is 21.8 Å². The van der Waals surface area contributed by atoms with Crippen LogP contribution < -0.4 is 5.73 Å². The standard InChI is InChI=1S/C12H18N2O2S2/c1-10-9-14(5-6-17-10)18(15,16)12-4-2-3-11(7-12)8-13/h2-4,7,10H,5-6,8-9,13H2,1H3. The molecule has 0 bridgehead atoms. The first-order valence-electron chi connectivity index (χ1n) is 5.95. The zero-order valence-electron chi connectivity index (χ0n) is 10.4. The summed E-state index contributed by atoms with van der Waals surface area (Å²) in [5.74, 6) is 0.858. The third-order valence-electron chi connectivity index (χ3n) is 2.98. The Kier molecular flexibility index (Phi) is 4.32. The molecular weight excluding hydrogens is 268 g/mol. The molecule has 2 N–H and O–H groups in total. The van der Waals surface area contributed by atoms with Gasteiger partial charge in [0.05, 0.1) is 4.90 Å². The Labute approximate surface area is 113 Å². The maximum atomic E-state index is 12.5. The number of rotatable bonds is 3. The van der Waals surface area contributed by atoms with Crippen LogP contribution in [0.1, 0.15) is 12.5 Å². The van der Waals surface area contributed by atoms with Gasteiger partial charge in [0.25, 0.3) is 0 Å². The molecule has 0 radical (unpaired) electrons. The van der Waals surface area contributed by atoms with Gasteiger partial charge in [0.15, 0.2) is 0 Å². The second-order valence-electron chi connectivity index (χ2n) is 4.40. The van der Waals surface area contributed by atoms with Gasteiger partial charge in [-0.25, -0.2) is 8.42 Å². The molecule has 1 aromatic carbocycles. The maximum Gasteiger partial charge on any atom is 0.243 e. The van der Waals surface area contributed by atoms with Crippen LogP contribution in [0.2, 0.25) is 0 Å². The van der Waals surface area contributed by atoms with Crippen molar-refractivity contribution in [3.63, 3.8) is 0 Å². The van der Waals surface area contributed by atoms with Crippen LogP contribution in [0.3, 0.4) is 0 Å². The molecule has 0 saturated carbocycles. The first-order chi connectivity index (χ1) is 8.54. The van der Waals surface area contributed by atoms with Gasteiger partial charge in [-0.15, -0.1) is 0 Å².